The molecule has 5 rings (SSSR count). The van der Waals surface area contributed by atoms with Crippen LogP contribution in [0.1, 0.15) is 11.3 Å². The minimum Gasteiger partial charge on any atom is -0.406 e. The largest absolute Gasteiger partial charge is 0.573 e. The number of ether oxygens (including phenoxy) is 1. The highest BCUT2D eigenvalue weighted by Gasteiger charge is 2.31. The van der Waals surface area contributed by atoms with Crippen LogP contribution >= 0.6 is 0 Å². The van der Waals surface area contributed by atoms with E-state index in [1.807, 2.05) is 29.9 Å². The van der Waals surface area contributed by atoms with E-state index in [2.05, 4.69) is 59.8 Å². The number of aromatic nitrogens is 5. The van der Waals surface area contributed by atoms with Crippen LogP contribution in [0.4, 0.5) is 19.0 Å². The van der Waals surface area contributed by atoms with Crippen molar-refractivity contribution in [3.05, 3.63) is 59.9 Å². The molecule has 0 aliphatic carbocycles. The molecule has 13 heteroatoms. The summed E-state index contributed by atoms with van der Waals surface area (Å²) in [5, 5.41) is 8.62. The van der Waals surface area contributed by atoms with Gasteiger partial charge in [-0.05, 0) is 69.0 Å². The standard InChI is InChI=1S/C27H31F3N8O2/c1-19-16-23(26-32-25(34-40-26)21-4-6-22(7-5-21)39-27(28,29)30)33-38(19)18-20-8-9-31-24(17-20)37-14-12-36(13-15-37)11-10-35(2)3/h4-9,16-17H,10-15,18H2,1-3H3. The molecule has 0 unspecified atom stereocenters. The summed E-state index contributed by atoms with van der Waals surface area (Å²) in [5.74, 6) is 1.09. The average molecular weight is 557 g/mol. The molecule has 3 aromatic heterocycles. The number of hydrogen-bond acceptors (Lipinski definition) is 9. The number of halogens is 3. The number of aryl methyl sites for hydroxylation is 1. The Balaban J connectivity index is 1.23. The Labute approximate surface area is 230 Å². The molecule has 0 saturated carbocycles. The molecule has 0 bridgehead atoms. The Bertz CT molecular complexity index is 1410. The van der Waals surface area contributed by atoms with E-state index < -0.39 is 6.36 Å². The fourth-order valence-corrected chi connectivity index (χ4v) is 4.47. The smallest absolute Gasteiger partial charge is 0.406 e. The number of hydrogen-bond donors (Lipinski definition) is 0. The van der Waals surface area contributed by atoms with Gasteiger partial charge >= 0.3 is 6.36 Å². The highest BCUT2D eigenvalue weighted by Crippen LogP contribution is 2.27. The predicted molar refractivity (Wildman–Crippen MR) is 143 cm³/mol. The van der Waals surface area contributed by atoms with E-state index in [0.717, 1.165) is 56.3 Å². The quantitative estimate of drug-likeness (QED) is 0.304. The molecular weight excluding hydrogens is 525 g/mol. The third kappa shape index (κ3) is 6.96. The first-order valence-corrected chi connectivity index (χ1v) is 12.9. The highest BCUT2D eigenvalue weighted by atomic mass is 19.4. The van der Waals surface area contributed by atoms with E-state index >= 15 is 0 Å². The van der Waals surface area contributed by atoms with Gasteiger partial charge in [0.15, 0.2) is 5.69 Å². The molecule has 1 aliphatic rings. The van der Waals surface area contributed by atoms with Gasteiger partial charge in [0.05, 0.1) is 6.54 Å². The van der Waals surface area contributed by atoms with E-state index in [0.29, 0.717) is 17.8 Å². The van der Waals surface area contributed by atoms with Crippen molar-refractivity contribution in [2.45, 2.75) is 19.8 Å². The van der Waals surface area contributed by atoms with Crippen LogP contribution in [-0.2, 0) is 6.54 Å². The zero-order chi connectivity index (χ0) is 28.3. The molecule has 4 aromatic rings. The number of alkyl halides is 3. The zero-order valence-corrected chi connectivity index (χ0v) is 22.6. The van der Waals surface area contributed by atoms with Crippen LogP contribution in [0.5, 0.6) is 5.75 Å². The molecule has 0 spiro atoms. The normalized spacial score (nSPS) is 14.7. The molecule has 212 valence electrons. The molecule has 1 fully saturated rings. The molecule has 1 aromatic carbocycles. The third-order valence-corrected chi connectivity index (χ3v) is 6.67. The monoisotopic (exact) mass is 556 g/mol. The van der Waals surface area contributed by atoms with Crippen LogP contribution < -0.4 is 9.64 Å². The lowest BCUT2D eigenvalue weighted by atomic mass is 10.2. The van der Waals surface area contributed by atoms with Gasteiger partial charge in [0.2, 0.25) is 5.82 Å². The van der Waals surface area contributed by atoms with Gasteiger partial charge < -0.3 is 19.1 Å². The topological polar surface area (TPSA) is 88.6 Å². The van der Waals surface area contributed by atoms with Crippen LogP contribution in [0.15, 0.2) is 53.2 Å². The number of likely N-dealkylation sites (N-methyl/N-ethyl adjacent to an activating group) is 1. The second-order valence-corrected chi connectivity index (χ2v) is 9.98. The van der Waals surface area contributed by atoms with E-state index in [1.165, 1.54) is 24.3 Å². The van der Waals surface area contributed by atoms with Gasteiger partial charge in [-0.2, -0.15) is 10.1 Å². The number of piperazine rings is 1. The maximum Gasteiger partial charge on any atom is 0.573 e. The molecule has 0 amide bonds. The Morgan fingerprint density at radius 3 is 2.48 bits per heavy atom. The molecule has 1 aliphatic heterocycles. The van der Waals surface area contributed by atoms with E-state index in [9.17, 15) is 13.2 Å². The first-order chi connectivity index (χ1) is 19.1. The van der Waals surface area contributed by atoms with Crippen molar-refractivity contribution in [1.82, 2.24) is 34.7 Å². The Hall–Kier alpha value is -3.97. The Kier molecular flexibility index (Phi) is 8.03. The van der Waals surface area contributed by atoms with Crippen LogP contribution in [0.2, 0.25) is 0 Å². The van der Waals surface area contributed by atoms with Crippen molar-refractivity contribution < 1.29 is 22.4 Å². The lowest BCUT2D eigenvalue weighted by molar-refractivity contribution is -0.274. The molecule has 4 heterocycles. The van der Waals surface area contributed by atoms with E-state index in [1.54, 1.807) is 0 Å². The fraction of sp³-hybridized carbons (Fsp3) is 0.407. The first kappa shape index (κ1) is 27.6. The lowest BCUT2D eigenvalue weighted by Gasteiger charge is -2.36. The highest BCUT2D eigenvalue weighted by molar-refractivity contribution is 5.59. The van der Waals surface area contributed by atoms with Gasteiger partial charge in [0, 0.05) is 56.7 Å². The number of anilines is 1. The number of rotatable bonds is 9. The summed E-state index contributed by atoms with van der Waals surface area (Å²) in [7, 11) is 4.19. The summed E-state index contributed by atoms with van der Waals surface area (Å²) in [6, 6.07) is 11.2. The van der Waals surface area contributed by atoms with Gasteiger partial charge in [-0.3, -0.25) is 9.58 Å². The fourth-order valence-electron chi connectivity index (χ4n) is 4.47. The van der Waals surface area contributed by atoms with Crippen molar-refractivity contribution >= 4 is 5.82 Å². The van der Waals surface area contributed by atoms with Gasteiger partial charge in [0.25, 0.3) is 5.89 Å². The molecule has 1 saturated heterocycles. The summed E-state index contributed by atoms with van der Waals surface area (Å²) in [4.78, 5) is 16.0. The van der Waals surface area contributed by atoms with Crippen molar-refractivity contribution in [3.8, 4) is 28.7 Å². The SMILES string of the molecule is Cc1cc(-c2nc(-c3ccc(OC(F)(F)F)cc3)no2)nn1Cc1ccnc(N2CCN(CCN(C)C)CC2)c1. The molecule has 0 N–H and O–H groups in total. The maximum absolute atomic E-state index is 12.4. The third-order valence-electron chi connectivity index (χ3n) is 6.67. The van der Waals surface area contributed by atoms with Crippen molar-refractivity contribution in [3.63, 3.8) is 0 Å². The van der Waals surface area contributed by atoms with Crippen LogP contribution in [-0.4, -0.2) is 94.4 Å². The number of benzene rings is 1. The van der Waals surface area contributed by atoms with E-state index in [4.69, 9.17) is 4.52 Å². The maximum atomic E-state index is 12.4. The lowest BCUT2D eigenvalue weighted by Crippen LogP contribution is -2.48. The summed E-state index contributed by atoms with van der Waals surface area (Å²) >= 11 is 0. The van der Waals surface area contributed by atoms with Crippen LogP contribution in [0.3, 0.4) is 0 Å². The molecular formula is C27H31F3N8O2. The average Bonchev–Trinajstić information content (AvgIpc) is 3.55. The first-order valence-electron chi connectivity index (χ1n) is 12.9. The van der Waals surface area contributed by atoms with Crippen molar-refractivity contribution in [2.75, 3.05) is 58.3 Å². The number of pyridine rings is 1. The van der Waals surface area contributed by atoms with Crippen LogP contribution in [0.25, 0.3) is 23.0 Å². The van der Waals surface area contributed by atoms with Crippen molar-refractivity contribution in [1.29, 1.82) is 0 Å². The van der Waals surface area contributed by atoms with Gasteiger partial charge in [-0.15, -0.1) is 13.2 Å². The minimum atomic E-state index is -4.75. The second-order valence-electron chi connectivity index (χ2n) is 9.98. The summed E-state index contributed by atoms with van der Waals surface area (Å²) < 4.78 is 48.4. The van der Waals surface area contributed by atoms with Crippen molar-refractivity contribution in [2.24, 2.45) is 0 Å². The molecule has 0 radical (unpaired) electrons. The summed E-state index contributed by atoms with van der Waals surface area (Å²) in [6.45, 7) is 8.52. The summed E-state index contributed by atoms with van der Waals surface area (Å²) in [6.07, 6.45) is -2.92. The van der Waals surface area contributed by atoms with Gasteiger partial charge in [0.1, 0.15) is 11.6 Å². The minimum absolute atomic E-state index is 0.218. The summed E-state index contributed by atoms with van der Waals surface area (Å²) in [5.41, 5.74) is 2.99. The zero-order valence-electron chi connectivity index (χ0n) is 22.6. The van der Waals surface area contributed by atoms with Gasteiger partial charge in [-0.1, -0.05) is 5.16 Å². The van der Waals surface area contributed by atoms with Crippen LogP contribution in [0, 0.1) is 6.92 Å². The van der Waals surface area contributed by atoms with E-state index in [-0.39, 0.29) is 17.5 Å². The number of nitrogens with zero attached hydrogens (tertiary/aromatic N) is 8. The second kappa shape index (κ2) is 11.6. The molecule has 10 nitrogen and oxygen atoms in total. The molecule has 0 atom stereocenters. The predicted octanol–water partition coefficient (Wildman–Crippen LogP) is 3.93. The van der Waals surface area contributed by atoms with Gasteiger partial charge in [-0.25, -0.2) is 4.98 Å². The Morgan fingerprint density at radius 1 is 1.02 bits per heavy atom. The molecule has 40 heavy (non-hydrogen) atoms. The Morgan fingerprint density at radius 2 is 1.77 bits per heavy atom.